The molecule has 1 rings (SSSR count). The maximum Gasteiger partial charge on any atom is 0.240 e. The number of nitrogens with two attached hydrogens (primary N) is 1. The van der Waals surface area contributed by atoms with Gasteiger partial charge >= 0.3 is 0 Å². The first-order valence-electron chi connectivity index (χ1n) is 4.35. The molecule has 0 radical (unpaired) electrons. The molecule has 4 N–H and O–H groups in total. The van der Waals surface area contributed by atoms with Crippen LogP contribution in [0.3, 0.4) is 0 Å². The van der Waals surface area contributed by atoms with Crippen LogP contribution in [0.25, 0.3) is 0 Å². The summed E-state index contributed by atoms with van der Waals surface area (Å²) in [6, 6.07) is 0. The van der Waals surface area contributed by atoms with E-state index in [2.05, 4.69) is 10.0 Å². The van der Waals surface area contributed by atoms with Crippen LogP contribution in [0.1, 0.15) is 12.8 Å². The molecule has 1 saturated carbocycles. The normalized spacial score (nSPS) is 19.0. The molecule has 6 nitrogen and oxygen atoms in total. The van der Waals surface area contributed by atoms with Gasteiger partial charge in [0.05, 0.1) is 11.8 Å². The van der Waals surface area contributed by atoms with E-state index in [4.69, 9.17) is 5.73 Å². The zero-order valence-electron chi connectivity index (χ0n) is 8.04. The van der Waals surface area contributed by atoms with Crippen molar-refractivity contribution >= 4 is 15.9 Å². The summed E-state index contributed by atoms with van der Waals surface area (Å²) in [6.45, 7) is 0.464. The molecule has 0 aromatic rings. The molecule has 1 amide bonds. The van der Waals surface area contributed by atoms with Crippen molar-refractivity contribution in [2.75, 3.05) is 19.3 Å². The van der Waals surface area contributed by atoms with Crippen LogP contribution >= 0.6 is 0 Å². The lowest BCUT2D eigenvalue weighted by atomic mass is 10.3. The summed E-state index contributed by atoms with van der Waals surface area (Å²) in [7, 11) is -3.17. The van der Waals surface area contributed by atoms with E-state index in [0.717, 1.165) is 6.26 Å². The summed E-state index contributed by atoms with van der Waals surface area (Å²) >= 11 is 0. The fraction of sp³-hybridized carbons (Fsp3) is 0.857. The van der Waals surface area contributed by atoms with E-state index >= 15 is 0 Å². The van der Waals surface area contributed by atoms with Crippen LogP contribution < -0.4 is 15.8 Å². The van der Waals surface area contributed by atoms with E-state index in [9.17, 15) is 13.2 Å². The van der Waals surface area contributed by atoms with Crippen LogP contribution in [0.4, 0.5) is 0 Å². The van der Waals surface area contributed by atoms with Gasteiger partial charge in [-0.2, -0.15) is 0 Å². The molecule has 0 spiro atoms. The summed E-state index contributed by atoms with van der Waals surface area (Å²) in [6.07, 6.45) is 2.48. The molecule has 1 aliphatic carbocycles. The van der Waals surface area contributed by atoms with E-state index in [-0.39, 0.29) is 19.0 Å². The molecular formula is C7H15N3O3S. The lowest BCUT2D eigenvalue weighted by Gasteiger charge is -2.09. The number of amides is 1. The van der Waals surface area contributed by atoms with E-state index < -0.39 is 15.6 Å². The summed E-state index contributed by atoms with van der Waals surface area (Å²) in [4.78, 5) is 11.2. The second-order valence-corrected chi connectivity index (χ2v) is 5.41. The third-order valence-corrected chi connectivity index (χ3v) is 2.74. The Hall–Kier alpha value is -0.660. The molecule has 0 atom stereocenters. The average molecular weight is 221 g/mol. The van der Waals surface area contributed by atoms with Crippen molar-refractivity contribution in [1.82, 2.24) is 10.0 Å². The fourth-order valence-corrected chi connectivity index (χ4v) is 1.42. The van der Waals surface area contributed by atoms with Gasteiger partial charge in [-0.05, 0) is 12.8 Å². The predicted octanol–water partition coefficient (Wildman–Crippen LogP) is -1.86. The fourth-order valence-electron chi connectivity index (χ4n) is 0.950. The van der Waals surface area contributed by atoms with Crippen molar-refractivity contribution in [2.24, 2.45) is 5.73 Å². The summed E-state index contributed by atoms with van der Waals surface area (Å²) in [5.74, 6) is -0.201. The molecule has 82 valence electrons. The van der Waals surface area contributed by atoms with Gasteiger partial charge in [-0.25, -0.2) is 13.1 Å². The molecule has 0 bridgehead atoms. The Morgan fingerprint density at radius 3 is 2.43 bits per heavy atom. The largest absolute Gasteiger partial charge is 0.353 e. The van der Waals surface area contributed by atoms with Crippen LogP contribution in [0, 0.1) is 0 Å². The molecule has 0 unspecified atom stereocenters. The van der Waals surface area contributed by atoms with Gasteiger partial charge in [0.25, 0.3) is 0 Å². The van der Waals surface area contributed by atoms with Crippen molar-refractivity contribution in [2.45, 2.75) is 18.4 Å². The molecule has 1 fully saturated rings. The Morgan fingerprint density at radius 1 is 1.43 bits per heavy atom. The van der Waals surface area contributed by atoms with E-state index in [1.54, 1.807) is 0 Å². The van der Waals surface area contributed by atoms with Crippen molar-refractivity contribution in [3.63, 3.8) is 0 Å². The Kier molecular flexibility index (Phi) is 3.13. The molecular weight excluding hydrogens is 206 g/mol. The van der Waals surface area contributed by atoms with E-state index in [1.807, 2.05) is 0 Å². The maximum atomic E-state index is 11.2. The SMILES string of the molecule is CS(=O)(=O)NCCNC(=O)C1(N)CC1. The second kappa shape index (κ2) is 3.84. The monoisotopic (exact) mass is 221 g/mol. The maximum absolute atomic E-state index is 11.2. The van der Waals surface area contributed by atoms with Crippen molar-refractivity contribution in [3.05, 3.63) is 0 Å². The van der Waals surface area contributed by atoms with Gasteiger partial charge in [-0.3, -0.25) is 4.79 Å². The average Bonchev–Trinajstić information content (AvgIpc) is 2.76. The molecule has 0 saturated heterocycles. The molecule has 1 aliphatic rings. The van der Waals surface area contributed by atoms with Crippen LogP contribution in [-0.4, -0.2) is 39.2 Å². The molecule has 0 aliphatic heterocycles. The highest BCUT2D eigenvalue weighted by Crippen LogP contribution is 2.31. The first-order chi connectivity index (χ1) is 6.33. The number of rotatable bonds is 5. The zero-order chi connectivity index (χ0) is 10.8. The summed E-state index contributed by atoms with van der Waals surface area (Å²) in [5, 5.41) is 2.57. The number of carbonyl (C=O) groups excluding carboxylic acids is 1. The van der Waals surface area contributed by atoms with Crippen molar-refractivity contribution < 1.29 is 13.2 Å². The third kappa shape index (κ3) is 3.60. The highest BCUT2D eigenvalue weighted by atomic mass is 32.2. The number of nitrogens with one attached hydrogen (secondary N) is 2. The van der Waals surface area contributed by atoms with Crippen molar-refractivity contribution in [3.8, 4) is 0 Å². The highest BCUT2D eigenvalue weighted by molar-refractivity contribution is 7.88. The van der Waals surface area contributed by atoms with Crippen LogP contribution in [0.2, 0.25) is 0 Å². The van der Waals surface area contributed by atoms with E-state index in [1.165, 1.54) is 0 Å². The second-order valence-electron chi connectivity index (χ2n) is 3.58. The van der Waals surface area contributed by atoms with Crippen LogP contribution in [0.5, 0.6) is 0 Å². The zero-order valence-corrected chi connectivity index (χ0v) is 8.86. The predicted molar refractivity (Wildman–Crippen MR) is 52.0 cm³/mol. The molecule has 0 heterocycles. The van der Waals surface area contributed by atoms with Crippen LogP contribution in [-0.2, 0) is 14.8 Å². The number of carbonyl (C=O) groups is 1. The van der Waals surface area contributed by atoms with Gasteiger partial charge in [0, 0.05) is 13.1 Å². The minimum absolute atomic E-state index is 0.195. The lowest BCUT2D eigenvalue weighted by molar-refractivity contribution is -0.123. The minimum atomic E-state index is -3.17. The Balaban J connectivity index is 2.13. The summed E-state index contributed by atoms with van der Waals surface area (Å²) in [5.41, 5.74) is 4.92. The molecule has 7 heteroatoms. The van der Waals surface area contributed by atoms with Crippen molar-refractivity contribution in [1.29, 1.82) is 0 Å². The van der Waals surface area contributed by atoms with Gasteiger partial charge in [-0.15, -0.1) is 0 Å². The van der Waals surface area contributed by atoms with Gasteiger partial charge in [0.2, 0.25) is 15.9 Å². The number of hydrogen-bond acceptors (Lipinski definition) is 4. The lowest BCUT2D eigenvalue weighted by Crippen LogP contribution is -2.45. The molecule has 0 aromatic heterocycles. The van der Waals surface area contributed by atoms with Gasteiger partial charge in [0.1, 0.15) is 0 Å². The smallest absolute Gasteiger partial charge is 0.240 e. The first kappa shape index (κ1) is 11.4. The van der Waals surface area contributed by atoms with Gasteiger partial charge < -0.3 is 11.1 Å². The van der Waals surface area contributed by atoms with Crippen LogP contribution in [0.15, 0.2) is 0 Å². The summed E-state index contributed by atoms with van der Waals surface area (Å²) < 4.78 is 23.5. The molecule has 0 aromatic carbocycles. The quantitative estimate of drug-likeness (QED) is 0.474. The highest BCUT2D eigenvalue weighted by Gasteiger charge is 2.45. The van der Waals surface area contributed by atoms with Gasteiger partial charge in [0.15, 0.2) is 0 Å². The third-order valence-electron chi connectivity index (χ3n) is 2.02. The topological polar surface area (TPSA) is 101 Å². The van der Waals surface area contributed by atoms with Gasteiger partial charge in [-0.1, -0.05) is 0 Å². The minimum Gasteiger partial charge on any atom is -0.353 e. The standard InChI is InChI=1S/C7H15N3O3S/c1-14(12,13)10-5-4-9-6(11)7(8)2-3-7/h10H,2-5,8H2,1H3,(H,9,11). The Bertz CT molecular complexity index is 321. The first-order valence-corrected chi connectivity index (χ1v) is 6.24. The Morgan fingerprint density at radius 2 is 2.00 bits per heavy atom. The molecule has 14 heavy (non-hydrogen) atoms. The Labute approximate surface area is 83.3 Å². The number of sulfonamides is 1. The number of hydrogen-bond donors (Lipinski definition) is 3. The van der Waals surface area contributed by atoms with E-state index in [0.29, 0.717) is 12.8 Å².